The Morgan fingerprint density at radius 3 is 2.73 bits per heavy atom. The molecule has 4 aromatic rings. The van der Waals surface area contributed by atoms with Gasteiger partial charge in [0.2, 0.25) is 5.91 Å². The summed E-state index contributed by atoms with van der Waals surface area (Å²) in [5, 5.41) is 3.60. The van der Waals surface area contributed by atoms with Crippen molar-refractivity contribution in [3.8, 4) is 5.69 Å². The molecular formula is C23H23N5O2. The molecular weight excluding hydrogens is 378 g/mol. The first kappa shape index (κ1) is 19.6. The quantitative estimate of drug-likeness (QED) is 0.497. The zero-order valence-electron chi connectivity index (χ0n) is 16.7. The van der Waals surface area contributed by atoms with Crippen LogP contribution in [0.25, 0.3) is 16.6 Å². The molecule has 0 aliphatic carbocycles. The Labute approximate surface area is 173 Å². The number of benzene rings is 2. The van der Waals surface area contributed by atoms with Crippen molar-refractivity contribution in [3.05, 3.63) is 89.0 Å². The smallest absolute Gasteiger partial charge is 0.258 e. The number of aromatic amines is 1. The Kier molecular flexibility index (Phi) is 5.70. The summed E-state index contributed by atoms with van der Waals surface area (Å²) < 4.78 is 1.93. The number of hydrogen-bond acceptors (Lipinski definition) is 4. The third-order valence-corrected chi connectivity index (χ3v) is 5.05. The number of H-pyrrole nitrogens is 1. The molecule has 1 atom stereocenters. The summed E-state index contributed by atoms with van der Waals surface area (Å²) in [5.41, 5.74) is 2.58. The molecule has 4 rings (SSSR count). The second-order valence-electron chi connectivity index (χ2n) is 7.23. The molecule has 152 valence electrons. The number of aryl methyl sites for hydroxylation is 1. The van der Waals surface area contributed by atoms with Gasteiger partial charge in [-0.15, -0.1) is 0 Å². The van der Waals surface area contributed by atoms with E-state index in [-0.39, 0.29) is 17.5 Å². The van der Waals surface area contributed by atoms with Gasteiger partial charge in [0, 0.05) is 30.9 Å². The molecule has 0 radical (unpaired) electrons. The summed E-state index contributed by atoms with van der Waals surface area (Å²) in [7, 11) is 0. The van der Waals surface area contributed by atoms with E-state index in [1.807, 2.05) is 60.2 Å². The van der Waals surface area contributed by atoms with Crippen LogP contribution in [0.1, 0.15) is 37.2 Å². The highest BCUT2D eigenvalue weighted by atomic mass is 16.1. The highest BCUT2D eigenvalue weighted by Crippen LogP contribution is 2.16. The molecule has 0 fully saturated rings. The van der Waals surface area contributed by atoms with E-state index in [1.165, 1.54) is 0 Å². The molecule has 2 aromatic carbocycles. The molecule has 7 heteroatoms. The maximum absolute atomic E-state index is 12.3. The van der Waals surface area contributed by atoms with E-state index in [0.29, 0.717) is 36.0 Å². The number of carbonyl (C=O) groups is 1. The van der Waals surface area contributed by atoms with Crippen LogP contribution in [0.4, 0.5) is 0 Å². The average molecular weight is 401 g/mol. The molecule has 0 bridgehead atoms. The fourth-order valence-corrected chi connectivity index (χ4v) is 3.41. The van der Waals surface area contributed by atoms with E-state index in [2.05, 4.69) is 20.3 Å². The molecule has 0 saturated heterocycles. The van der Waals surface area contributed by atoms with Crippen LogP contribution in [0.5, 0.6) is 0 Å². The standard InChI is InChI=1S/C23H23N5O2/c1-16(17-9-11-18(12-10-17)28-14-13-24-15-28)25-22(29)8-4-7-21-26-20-6-3-2-5-19(20)23(30)27-21/h2-3,5-6,9-16H,4,7-8H2,1H3,(H,25,29)(H,26,27,30)/t16-/m0/s1. The normalized spacial score (nSPS) is 12.0. The summed E-state index contributed by atoms with van der Waals surface area (Å²) in [6.07, 6.45) is 6.89. The van der Waals surface area contributed by atoms with Crippen LogP contribution in [-0.4, -0.2) is 25.4 Å². The van der Waals surface area contributed by atoms with Crippen molar-refractivity contribution < 1.29 is 4.79 Å². The van der Waals surface area contributed by atoms with Crippen molar-refractivity contribution in [2.75, 3.05) is 0 Å². The monoisotopic (exact) mass is 401 g/mol. The van der Waals surface area contributed by atoms with E-state index in [0.717, 1.165) is 11.3 Å². The highest BCUT2D eigenvalue weighted by molar-refractivity contribution is 5.77. The van der Waals surface area contributed by atoms with E-state index >= 15 is 0 Å². The number of nitrogens with zero attached hydrogens (tertiary/aromatic N) is 3. The Balaban J connectivity index is 1.30. The van der Waals surface area contributed by atoms with Gasteiger partial charge in [-0.3, -0.25) is 9.59 Å². The van der Waals surface area contributed by atoms with Crippen LogP contribution >= 0.6 is 0 Å². The number of fused-ring (bicyclic) bond motifs is 1. The van der Waals surface area contributed by atoms with Crippen molar-refractivity contribution in [3.63, 3.8) is 0 Å². The number of para-hydroxylation sites is 1. The van der Waals surface area contributed by atoms with Gasteiger partial charge in [0.05, 0.1) is 23.3 Å². The van der Waals surface area contributed by atoms with Gasteiger partial charge >= 0.3 is 0 Å². The van der Waals surface area contributed by atoms with Crippen LogP contribution in [0.15, 0.2) is 72.0 Å². The van der Waals surface area contributed by atoms with Crippen molar-refractivity contribution in [1.82, 2.24) is 24.8 Å². The number of hydrogen-bond donors (Lipinski definition) is 2. The molecule has 2 heterocycles. The number of aromatic nitrogens is 4. The molecule has 0 saturated carbocycles. The summed E-state index contributed by atoms with van der Waals surface area (Å²) in [5.74, 6) is 0.582. The second-order valence-corrected chi connectivity index (χ2v) is 7.23. The third kappa shape index (κ3) is 4.46. The van der Waals surface area contributed by atoms with Gasteiger partial charge in [0.25, 0.3) is 5.56 Å². The van der Waals surface area contributed by atoms with Crippen molar-refractivity contribution >= 4 is 16.8 Å². The fraction of sp³-hybridized carbons (Fsp3) is 0.217. The van der Waals surface area contributed by atoms with Gasteiger partial charge in [-0.05, 0) is 43.2 Å². The Morgan fingerprint density at radius 2 is 1.97 bits per heavy atom. The summed E-state index contributed by atoms with van der Waals surface area (Å²) in [6.45, 7) is 1.96. The molecule has 2 aromatic heterocycles. The maximum Gasteiger partial charge on any atom is 0.258 e. The highest BCUT2D eigenvalue weighted by Gasteiger charge is 2.10. The lowest BCUT2D eigenvalue weighted by Gasteiger charge is -2.15. The van der Waals surface area contributed by atoms with Crippen molar-refractivity contribution in [1.29, 1.82) is 0 Å². The predicted octanol–water partition coefficient (Wildman–Crippen LogP) is 3.31. The van der Waals surface area contributed by atoms with E-state index in [9.17, 15) is 9.59 Å². The van der Waals surface area contributed by atoms with Crippen LogP contribution in [0.3, 0.4) is 0 Å². The largest absolute Gasteiger partial charge is 0.350 e. The second kappa shape index (κ2) is 8.73. The van der Waals surface area contributed by atoms with Crippen molar-refractivity contribution in [2.24, 2.45) is 0 Å². The topological polar surface area (TPSA) is 92.7 Å². The Bertz CT molecular complexity index is 1200. The first-order valence-corrected chi connectivity index (χ1v) is 9.96. The number of rotatable bonds is 7. The summed E-state index contributed by atoms with van der Waals surface area (Å²) in [4.78, 5) is 35.8. The SMILES string of the molecule is C[C@H](NC(=O)CCCc1nc2ccccc2c(=O)[nH]1)c1ccc(-n2ccnc2)cc1. The maximum atomic E-state index is 12.3. The van der Waals surface area contributed by atoms with Crippen LogP contribution in [0.2, 0.25) is 0 Å². The Hall–Kier alpha value is -3.74. The average Bonchev–Trinajstić information content (AvgIpc) is 3.29. The van der Waals surface area contributed by atoms with Gasteiger partial charge in [0.15, 0.2) is 0 Å². The van der Waals surface area contributed by atoms with Crippen molar-refractivity contribution in [2.45, 2.75) is 32.2 Å². The van der Waals surface area contributed by atoms with Gasteiger partial charge in [-0.25, -0.2) is 9.97 Å². The number of nitrogens with one attached hydrogen (secondary N) is 2. The molecule has 0 spiro atoms. The van der Waals surface area contributed by atoms with Gasteiger partial charge < -0.3 is 14.9 Å². The number of imidazole rings is 1. The van der Waals surface area contributed by atoms with Gasteiger partial charge in [0.1, 0.15) is 5.82 Å². The zero-order valence-corrected chi connectivity index (χ0v) is 16.7. The molecule has 2 N–H and O–H groups in total. The Morgan fingerprint density at radius 1 is 1.17 bits per heavy atom. The summed E-state index contributed by atoms with van der Waals surface area (Å²) in [6, 6.07) is 15.2. The van der Waals surface area contributed by atoms with Crippen LogP contribution in [-0.2, 0) is 11.2 Å². The fourth-order valence-electron chi connectivity index (χ4n) is 3.41. The molecule has 7 nitrogen and oxygen atoms in total. The van der Waals surface area contributed by atoms with Gasteiger partial charge in [-0.1, -0.05) is 24.3 Å². The molecule has 1 amide bonds. The number of amides is 1. The minimum atomic E-state index is -0.146. The van der Waals surface area contributed by atoms with E-state index < -0.39 is 0 Å². The van der Waals surface area contributed by atoms with Crippen LogP contribution < -0.4 is 10.9 Å². The summed E-state index contributed by atoms with van der Waals surface area (Å²) >= 11 is 0. The lowest BCUT2D eigenvalue weighted by atomic mass is 10.1. The third-order valence-electron chi connectivity index (χ3n) is 5.05. The first-order chi connectivity index (χ1) is 14.6. The minimum Gasteiger partial charge on any atom is -0.350 e. The molecule has 0 aliphatic heterocycles. The lowest BCUT2D eigenvalue weighted by Crippen LogP contribution is -2.26. The zero-order chi connectivity index (χ0) is 20.9. The van der Waals surface area contributed by atoms with E-state index in [4.69, 9.17) is 0 Å². The van der Waals surface area contributed by atoms with Gasteiger partial charge in [-0.2, -0.15) is 0 Å². The minimum absolute atomic E-state index is 0.0238. The predicted molar refractivity (Wildman–Crippen MR) is 115 cm³/mol. The van der Waals surface area contributed by atoms with E-state index in [1.54, 1.807) is 18.6 Å². The van der Waals surface area contributed by atoms with Crippen LogP contribution in [0, 0.1) is 0 Å². The molecule has 0 aliphatic rings. The first-order valence-electron chi connectivity index (χ1n) is 9.96. The lowest BCUT2D eigenvalue weighted by molar-refractivity contribution is -0.121. The molecule has 30 heavy (non-hydrogen) atoms. The number of carbonyl (C=O) groups excluding carboxylic acids is 1. The molecule has 0 unspecified atom stereocenters.